The normalized spacial score (nSPS) is 27.7. The molecule has 10 rings (SSSR count). The van der Waals surface area contributed by atoms with Crippen LogP contribution in [0.3, 0.4) is 0 Å². The number of hydrogen-bond donors (Lipinski definition) is 4. The van der Waals surface area contributed by atoms with Gasteiger partial charge in [-0.05, 0) is 137 Å². The fourth-order valence-corrected chi connectivity index (χ4v) is 13.2. The van der Waals surface area contributed by atoms with Crippen molar-refractivity contribution in [2.45, 2.75) is 200 Å². The first-order chi connectivity index (χ1) is 41.5. The maximum absolute atomic E-state index is 13.0. The minimum atomic E-state index is -1.78. The zero-order valence-corrected chi connectivity index (χ0v) is 53.2. The van der Waals surface area contributed by atoms with E-state index in [1.165, 1.54) is 6.92 Å². The van der Waals surface area contributed by atoms with Crippen molar-refractivity contribution in [3.8, 4) is 23.0 Å². The number of methoxy groups -OCH3 is 1. The number of carbonyl (C=O) groups is 5. The van der Waals surface area contributed by atoms with Gasteiger partial charge in [-0.25, -0.2) is 9.59 Å². The standard InChI is InChI=1S/C36H45NO11.C29H37NO8.2CH4.Y/c1-6-16-37-17-10-13-26-18-27-25(19-28(26)37)14-15-29(43-20-24-11-8-7-9-12-24)30(27)47-36-34(46-23(4)40)32(45-22(3)39)31(44-21(2)38)33(48-36)35(41)42-5;1-2-12-30-13-6-9-19-14-20-18(15-21(19)30)10-11-22(36-16-17-7-4-3-5-8-17)26(20)37-29-25(33)23(31)24(32)27(38-29)28(34)35;;;/h7-9,11-12,14-15,26,28,31-34,36H,6,10,13,16-20H2,1-5H3;3-5,7-8,10-11,19,21,23-25,27,29,31-33H,2,6,9,12-16H2,1H3,(H,34,35);2*1H4;/t26-,28-,31+,32+,33+,34-,36-;19-,21-,23+,24+,25-,27+,29-;;;/m11.../s1. The van der Waals surface area contributed by atoms with E-state index in [0.29, 0.717) is 59.9 Å². The molecule has 14 atom stereocenters. The molecule has 4 heterocycles. The molecule has 4 aliphatic heterocycles. The minimum absolute atomic E-state index is 0. The monoisotopic (exact) mass is 1320 g/mol. The average Bonchev–Trinajstić information content (AvgIpc) is 1.16. The van der Waals surface area contributed by atoms with Crippen LogP contribution in [-0.2, 0) is 124 Å². The third-order valence-electron chi connectivity index (χ3n) is 17.1. The third-order valence-corrected chi connectivity index (χ3v) is 17.1. The van der Waals surface area contributed by atoms with Gasteiger partial charge in [-0.2, -0.15) is 0 Å². The van der Waals surface area contributed by atoms with Gasteiger partial charge in [-0.1, -0.05) is 101 Å². The van der Waals surface area contributed by atoms with Crippen molar-refractivity contribution >= 4 is 29.8 Å². The van der Waals surface area contributed by atoms with E-state index < -0.39 is 91.3 Å². The number of rotatable bonds is 19. The average molecular weight is 1320 g/mol. The molecule has 4 aromatic rings. The van der Waals surface area contributed by atoms with Crippen LogP contribution in [0.1, 0.15) is 121 Å². The van der Waals surface area contributed by atoms with Gasteiger partial charge in [0.25, 0.3) is 0 Å². The van der Waals surface area contributed by atoms with E-state index in [1.54, 1.807) is 0 Å². The Bertz CT molecular complexity index is 2970. The van der Waals surface area contributed by atoms with Gasteiger partial charge < -0.3 is 67.8 Å². The second kappa shape index (κ2) is 33.5. The van der Waals surface area contributed by atoms with Crippen LogP contribution in [0.5, 0.6) is 23.0 Å². The third kappa shape index (κ3) is 17.4. The maximum atomic E-state index is 13.0. The molecule has 0 spiro atoms. The molecule has 21 nitrogen and oxygen atoms in total. The smallest absolute Gasteiger partial charge is 0.339 e. The topological polar surface area (TPSA) is 265 Å². The number of aliphatic carboxylic acids is 1. The van der Waals surface area contributed by atoms with Crippen LogP contribution in [-0.4, -0.2) is 167 Å². The van der Waals surface area contributed by atoms with Gasteiger partial charge in [-0.15, -0.1) is 0 Å². The van der Waals surface area contributed by atoms with Crippen LogP contribution < -0.4 is 18.9 Å². The number of piperidine rings is 2. The number of aliphatic hydroxyl groups is 3. The first kappa shape index (κ1) is 72.3. The molecule has 4 aromatic carbocycles. The van der Waals surface area contributed by atoms with Crippen molar-refractivity contribution in [3.05, 3.63) is 118 Å². The molecular formula is C67H90N2O19Y. The summed E-state index contributed by atoms with van der Waals surface area (Å²) in [4.78, 5) is 66.8. The number of carbonyl (C=O) groups excluding carboxylic acids is 4. The van der Waals surface area contributed by atoms with Gasteiger partial charge in [-0.3, -0.25) is 24.2 Å². The predicted octanol–water partition coefficient (Wildman–Crippen LogP) is 7.32. The number of fused-ring (bicyclic) bond motifs is 4. The van der Waals surface area contributed by atoms with Gasteiger partial charge in [0, 0.05) is 76.7 Å². The summed E-state index contributed by atoms with van der Waals surface area (Å²) in [7, 11) is 1.15. The van der Waals surface area contributed by atoms with Crippen LogP contribution >= 0.6 is 0 Å². The summed E-state index contributed by atoms with van der Waals surface area (Å²) >= 11 is 0. The van der Waals surface area contributed by atoms with Crippen LogP contribution in [0.25, 0.3) is 0 Å². The van der Waals surface area contributed by atoms with E-state index in [0.717, 1.165) is 138 Å². The summed E-state index contributed by atoms with van der Waals surface area (Å²) in [6, 6.07) is 28.1. The number of benzene rings is 4. The SMILES string of the molecule is C.C.CCCN1CCC[C@@H]2Cc3c(ccc(OCc4ccccc4)c3O[C@@H]3O[C@H](C(=O)O)[C@@H](O)[C@H](O)[C@H]3O)C[C@H]21.CCCN1CCC[C@@H]2Cc3c(ccc(OCc4ccccc4)c3O[C@@H]3O[C@H](C(=O)OC)[C@@H](OC(C)=O)[C@H](OC(C)=O)[C@H]3OC(C)=O)C[C@H]21.[Y]. The fraction of sp³-hybridized carbons (Fsp3) is 0.567. The molecule has 6 aliphatic rings. The van der Waals surface area contributed by atoms with Crippen molar-refractivity contribution in [2.75, 3.05) is 33.3 Å². The molecule has 4 fully saturated rings. The first-order valence-corrected chi connectivity index (χ1v) is 30.1. The largest absolute Gasteiger partial charge is 0.485 e. The van der Waals surface area contributed by atoms with Crippen LogP contribution in [0.2, 0.25) is 0 Å². The van der Waals surface area contributed by atoms with E-state index in [2.05, 4.69) is 35.8 Å². The molecule has 1 radical (unpaired) electrons. The van der Waals surface area contributed by atoms with Gasteiger partial charge >= 0.3 is 29.8 Å². The molecule has 4 saturated heterocycles. The molecule has 89 heavy (non-hydrogen) atoms. The number of hydrogen-bond acceptors (Lipinski definition) is 20. The quantitative estimate of drug-likeness (QED) is 0.0529. The number of aliphatic hydroxyl groups excluding tert-OH is 3. The Morgan fingerprint density at radius 3 is 1.43 bits per heavy atom. The second-order valence-corrected chi connectivity index (χ2v) is 23.1. The summed E-state index contributed by atoms with van der Waals surface area (Å²) in [5.74, 6) is -2.14. The number of carboxylic acid groups (broad SMARTS) is 1. The summed E-state index contributed by atoms with van der Waals surface area (Å²) in [6.45, 7) is 12.7. The molecular weight excluding hydrogens is 1230 g/mol. The second-order valence-electron chi connectivity index (χ2n) is 23.1. The van der Waals surface area contributed by atoms with Crippen molar-refractivity contribution in [2.24, 2.45) is 11.8 Å². The number of ether oxygens (including phenoxy) is 10. The number of nitrogens with zero attached hydrogens (tertiary/aromatic N) is 2. The Morgan fingerprint density at radius 1 is 0.551 bits per heavy atom. The Balaban J connectivity index is 0.000000281. The zero-order chi connectivity index (χ0) is 61.2. The van der Waals surface area contributed by atoms with Gasteiger partial charge in [0.1, 0.15) is 31.5 Å². The molecule has 2 aliphatic carbocycles. The maximum Gasteiger partial charge on any atom is 0.339 e. The van der Waals surface area contributed by atoms with Crippen molar-refractivity contribution in [1.82, 2.24) is 9.80 Å². The summed E-state index contributed by atoms with van der Waals surface area (Å²) in [5, 5.41) is 40.6. The van der Waals surface area contributed by atoms with Gasteiger partial charge in [0.15, 0.2) is 47.4 Å². The van der Waals surface area contributed by atoms with Crippen molar-refractivity contribution in [3.63, 3.8) is 0 Å². The van der Waals surface area contributed by atoms with Crippen molar-refractivity contribution in [1.29, 1.82) is 0 Å². The summed E-state index contributed by atoms with van der Waals surface area (Å²) in [6.07, 6.45) is -6.11. The van der Waals surface area contributed by atoms with Crippen LogP contribution in [0.4, 0.5) is 0 Å². The Morgan fingerprint density at radius 2 is 0.989 bits per heavy atom. The van der Waals surface area contributed by atoms with E-state index in [1.807, 2.05) is 72.8 Å². The molecule has 0 unspecified atom stereocenters. The number of carboxylic acids is 1. The van der Waals surface area contributed by atoms with Gasteiger partial charge in [0.05, 0.1) is 7.11 Å². The molecule has 485 valence electrons. The Labute approximate surface area is 547 Å². The van der Waals surface area contributed by atoms with Crippen LogP contribution in [0, 0.1) is 11.8 Å². The molecule has 0 bridgehead atoms. The first-order valence-electron chi connectivity index (χ1n) is 30.1. The minimum Gasteiger partial charge on any atom is -0.485 e. The molecule has 0 amide bonds. The Kier molecular flexibility index (Phi) is 27.2. The fourth-order valence-electron chi connectivity index (χ4n) is 13.2. The molecule has 0 aromatic heterocycles. The van der Waals surface area contributed by atoms with E-state index in [-0.39, 0.29) is 54.2 Å². The van der Waals surface area contributed by atoms with Crippen LogP contribution in [0.15, 0.2) is 84.9 Å². The number of likely N-dealkylation sites (tertiary alicyclic amines) is 2. The van der Waals surface area contributed by atoms with E-state index in [9.17, 15) is 44.4 Å². The van der Waals surface area contributed by atoms with E-state index in [4.69, 9.17) is 47.4 Å². The zero-order valence-electron chi connectivity index (χ0n) is 50.4. The molecule has 4 N–H and O–H groups in total. The summed E-state index contributed by atoms with van der Waals surface area (Å²) < 4.78 is 58.6. The van der Waals surface area contributed by atoms with E-state index >= 15 is 0 Å². The Hall–Kier alpha value is -5.75. The number of esters is 4. The molecule has 0 saturated carbocycles. The predicted molar refractivity (Wildman–Crippen MR) is 322 cm³/mol. The van der Waals surface area contributed by atoms with Crippen molar-refractivity contribution < 1.29 is 124 Å². The summed E-state index contributed by atoms with van der Waals surface area (Å²) in [5.41, 5.74) is 6.03. The molecule has 22 heteroatoms. The van der Waals surface area contributed by atoms with Gasteiger partial charge in [0.2, 0.25) is 18.7 Å².